The SMILES string of the molecule is CN(CC(C)(C)[S-])CC(C)(C)[N-]CC(C)(C)[S-].[O]=[Tc+3]. The van der Waals surface area contributed by atoms with E-state index in [-0.39, 0.29) is 15.0 Å². The average Bonchev–Trinajstić information content (AvgIpc) is 2.13. The van der Waals surface area contributed by atoms with Crippen LogP contribution in [0.3, 0.4) is 0 Å². The predicted octanol–water partition coefficient (Wildman–Crippen LogP) is 2.60. The molecule has 0 bridgehead atoms. The van der Waals surface area contributed by atoms with Gasteiger partial charge in [0.1, 0.15) is 0 Å². The molecule has 0 atom stereocenters. The van der Waals surface area contributed by atoms with Gasteiger partial charge in [-0.15, -0.1) is 10.3 Å². The van der Waals surface area contributed by atoms with Crippen molar-refractivity contribution in [1.29, 1.82) is 0 Å². The first-order valence-corrected chi connectivity index (χ1v) is 7.82. The summed E-state index contributed by atoms with van der Waals surface area (Å²) in [5.41, 5.74) is -0.0641. The van der Waals surface area contributed by atoms with Crippen molar-refractivity contribution in [3.05, 3.63) is 5.32 Å². The second kappa shape index (κ2) is 9.16. The third-order valence-electron chi connectivity index (χ3n) is 2.20. The molecule has 0 aromatic heterocycles. The van der Waals surface area contributed by atoms with E-state index in [0.29, 0.717) is 0 Å². The van der Waals surface area contributed by atoms with Crippen LogP contribution in [0, 0.1) is 0 Å². The van der Waals surface area contributed by atoms with E-state index in [1.165, 1.54) is 0 Å². The summed E-state index contributed by atoms with van der Waals surface area (Å²) in [4.78, 5) is 2.26. The summed E-state index contributed by atoms with van der Waals surface area (Å²) in [7, 11) is 2.10. The molecule has 0 aromatic rings. The second-order valence-corrected chi connectivity index (χ2v) is 9.03. The molecule has 19 heavy (non-hydrogen) atoms. The van der Waals surface area contributed by atoms with Gasteiger partial charge in [-0.1, -0.05) is 41.5 Å². The Hall–Kier alpha value is 1.07. The molecule has 0 fully saturated rings. The van der Waals surface area contributed by atoms with E-state index < -0.39 is 0 Å². The van der Waals surface area contributed by atoms with Crippen LogP contribution in [0.1, 0.15) is 41.5 Å². The Morgan fingerprint density at radius 3 is 1.68 bits per heavy atom. The number of likely N-dealkylation sites (N-methyl/N-ethyl adjacent to an activating group) is 1. The van der Waals surface area contributed by atoms with Gasteiger partial charge >= 0.3 is 22.4 Å². The number of rotatable bonds is 7. The molecule has 0 aromatic carbocycles. The number of hydrogen-bond acceptors (Lipinski definition) is 4. The van der Waals surface area contributed by atoms with Gasteiger partial charge in [0.25, 0.3) is 0 Å². The van der Waals surface area contributed by atoms with E-state index in [4.69, 9.17) is 34.1 Å². The quantitative estimate of drug-likeness (QED) is 0.627. The van der Waals surface area contributed by atoms with Crippen LogP contribution in [0.5, 0.6) is 0 Å². The van der Waals surface area contributed by atoms with Gasteiger partial charge in [-0.25, -0.2) is 0 Å². The standard InChI is InChI=1S/C13H29N2S2.O.Tc/c1-11(2,14-8-12(3,4)16)9-15(7)10-13(5,6)17;;/h16-17H,8-10H2,1-7H3;;/q-1;;+3/p-2. The van der Waals surface area contributed by atoms with E-state index in [2.05, 4.69) is 39.6 Å². The van der Waals surface area contributed by atoms with Crippen LogP contribution in [0.15, 0.2) is 0 Å². The summed E-state index contributed by atoms with van der Waals surface area (Å²) in [6.07, 6.45) is 0. The van der Waals surface area contributed by atoms with Crippen molar-refractivity contribution >= 4 is 25.3 Å². The van der Waals surface area contributed by atoms with Crippen molar-refractivity contribution in [2.75, 3.05) is 26.7 Å². The van der Waals surface area contributed by atoms with Gasteiger partial charge in [0, 0.05) is 0 Å². The molecular weight excluding hydrogens is 362 g/mol. The van der Waals surface area contributed by atoms with Crippen LogP contribution in [-0.4, -0.2) is 46.6 Å². The van der Waals surface area contributed by atoms with Crippen LogP contribution in [0.2, 0.25) is 0 Å². The maximum atomic E-state index is 8.22. The Morgan fingerprint density at radius 2 is 1.37 bits per heavy atom. The summed E-state index contributed by atoms with van der Waals surface area (Å²) >= 11 is 11.6. The maximum absolute atomic E-state index is 8.22. The Bertz CT molecular complexity index is 250. The van der Waals surface area contributed by atoms with Crippen LogP contribution in [0.25, 0.3) is 5.32 Å². The van der Waals surface area contributed by atoms with Crippen molar-refractivity contribution in [2.24, 2.45) is 0 Å². The Labute approximate surface area is 140 Å². The molecule has 3 nitrogen and oxygen atoms in total. The molecular formula is C13H27N2OS2Tc. The normalized spacial score (nSPS) is 13.1. The van der Waals surface area contributed by atoms with E-state index >= 15 is 0 Å². The molecule has 0 aliphatic rings. The molecule has 0 spiro atoms. The molecule has 114 valence electrons. The van der Waals surface area contributed by atoms with Crippen LogP contribution < -0.4 is 0 Å². The zero-order chi connectivity index (χ0) is 15.9. The van der Waals surface area contributed by atoms with Crippen LogP contribution in [-0.2, 0) is 47.6 Å². The summed E-state index contributed by atoms with van der Waals surface area (Å²) in [5, 5.41) is 4.72. The molecule has 0 unspecified atom stereocenters. The van der Waals surface area contributed by atoms with Crippen molar-refractivity contribution in [2.45, 2.75) is 56.6 Å². The van der Waals surface area contributed by atoms with Gasteiger partial charge in [0.05, 0.1) is 0 Å². The topological polar surface area (TPSA) is 34.4 Å². The summed E-state index contributed by atoms with van der Waals surface area (Å²) in [5.74, 6) is 0. The van der Waals surface area contributed by atoms with E-state index in [1.54, 1.807) is 0 Å². The average molecular weight is 390 g/mol. The van der Waals surface area contributed by atoms with Gasteiger partial charge in [0.15, 0.2) is 0 Å². The third-order valence-corrected chi connectivity index (χ3v) is 2.45. The Kier molecular flexibility index (Phi) is 10.8. The summed E-state index contributed by atoms with van der Waals surface area (Å²) < 4.78 is 7.99. The summed E-state index contributed by atoms with van der Waals surface area (Å²) in [6, 6.07) is 0. The molecule has 0 amide bonds. The number of nitrogens with zero attached hydrogens (tertiary/aromatic N) is 2. The zero-order valence-corrected chi connectivity index (χ0v) is 16.6. The molecule has 0 aliphatic heterocycles. The van der Waals surface area contributed by atoms with Gasteiger partial charge in [-0.3, -0.25) is 0 Å². The van der Waals surface area contributed by atoms with Crippen molar-refractivity contribution < 1.29 is 22.4 Å². The van der Waals surface area contributed by atoms with Crippen molar-refractivity contribution in [3.63, 3.8) is 0 Å². The third kappa shape index (κ3) is 17.0. The van der Waals surface area contributed by atoms with E-state index in [0.717, 1.165) is 38.5 Å². The fraction of sp³-hybridized carbons (Fsp3) is 1.00. The Morgan fingerprint density at radius 1 is 0.947 bits per heavy atom. The first-order valence-electron chi connectivity index (χ1n) is 6.24. The minimum absolute atomic E-state index is 0.0641. The van der Waals surface area contributed by atoms with E-state index in [9.17, 15) is 0 Å². The van der Waals surface area contributed by atoms with Crippen LogP contribution >= 0.6 is 0 Å². The molecule has 0 radical (unpaired) electrons. The molecule has 0 heterocycles. The monoisotopic (exact) mass is 388 g/mol. The second-order valence-electron chi connectivity index (χ2n) is 6.82. The molecule has 0 N–H and O–H groups in total. The van der Waals surface area contributed by atoms with Crippen molar-refractivity contribution in [1.82, 2.24) is 4.90 Å². The molecule has 0 rings (SSSR count). The summed E-state index contributed by atoms with van der Waals surface area (Å²) in [6.45, 7) is 15.1. The molecule has 0 aliphatic carbocycles. The first kappa shape index (κ1) is 22.4. The zero-order valence-electron chi connectivity index (χ0n) is 13.1. The van der Waals surface area contributed by atoms with Crippen molar-refractivity contribution in [3.8, 4) is 0 Å². The fourth-order valence-electron chi connectivity index (χ4n) is 1.82. The molecule has 0 saturated carbocycles. The minimum atomic E-state index is -0.146. The first-order chi connectivity index (χ1) is 8.31. The fourth-order valence-corrected chi connectivity index (χ4v) is 2.11. The molecule has 0 saturated heterocycles. The number of hydrogen-bond donors (Lipinski definition) is 0. The van der Waals surface area contributed by atoms with E-state index in [1.807, 2.05) is 13.8 Å². The Balaban J connectivity index is 0. The van der Waals surface area contributed by atoms with Crippen LogP contribution in [0.4, 0.5) is 0 Å². The molecule has 6 heteroatoms. The van der Waals surface area contributed by atoms with Gasteiger partial charge in [-0.2, -0.15) is 11.3 Å². The van der Waals surface area contributed by atoms with Gasteiger partial charge in [-0.05, 0) is 20.1 Å². The van der Waals surface area contributed by atoms with Gasteiger partial charge < -0.3 is 35.5 Å². The van der Waals surface area contributed by atoms with Gasteiger partial charge in [0.2, 0.25) is 0 Å². The predicted molar refractivity (Wildman–Crippen MR) is 83.4 cm³/mol.